The maximum absolute atomic E-state index is 11.4. The lowest BCUT2D eigenvalue weighted by Crippen LogP contribution is -2.35. The quantitative estimate of drug-likeness (QED) is 0.812. The van der Waals surface area contributed by atoms with Gasteiger partial charge >= 0.3 is 6.09 Å². The highest BCUT2D eigenvalue weighted by Gasteiger charge is 2.07. The van der Waals surface area contributed by atoms with Gasteiger partial charge in [-0.25, -0.2) is 4.79 Å². The van der Waals surface area contributed by atoms with Crippen molar-refractivity contribution < 1.29 is 9.53 Å². The molecule has 0 saturated heterocycles. The largest absolute Gasteiger partial charge is 0.445 e. The van der Waals surface area contributed by atoms with Crippen LogP contribution in [-0.4, -0.2) is 31.6 Å². The number of ether oxygens (including phenoxy) is 1. The Morgan fingerprint density at radius 2 is 2.24 bits per heavy atom. The summed E-state index contributed by atoms with van der Waals surface area (Å²) in [4.78, 5) is 15.5. The number of amidine groups is 1. The van der Waals surface area contributed by atoms with E-state index >= 15 is 0 Å². The summed E-state index contributed by atoms with van der Waals surface area (Å²) in [5.74, 6) is 0.807. The van der Waals surface area contributed by atoms with Gasteiger partial charge in [0.25, 0.3) is 0 Å². The number of rotatable bonds is 4. The second-order valence-electron chi connectivity index (χ2n) is 3.67. The number of alkyl carbamates (subject to hydrolysis) is 1. The maximum atomic E-state index is 11.4. The molecule has 1 aliphatic rings. The molecule has 0 atom stereocenters. The minimum Gasteiger partial charge on any atom is -0.445 e. The monoisotopic (exact) mass is 233 g/mol. The SMILES string of the molecule is O=C(NCC1=NCCN1)OCc1ccccc1. The van der Waals surface area contributed by atoms with E-state index in [4.69, 9.17) is 4.74 Å². The van der Waals surface area contributed by atoms with E-state index in [0.29, 0.717) is 6.54 Å². The van der Waals surface area contributed by atoms with Gasteiger partial charge in [-0.1, -0.05) is 30.3 Å². The highest BCUT2D eigenvalue weighted by Crippen LogP contribution is 2.00. The molecular weight excluding hydrogens is 218 g/mol. The van der Waals surface area contributed by atoms with Crippen molar-refractivity contribution >= 4 is 11.9 Å². The Kier molecular flexibility index (Phi) is 3.96. The number of aliphatic imine (C=N–C) groups is 1. The Balaban J connectivity index is 1.67. The number of carbonyl (C=O) groups is 1. The molecule has 0 radical (unpaired) electrons. The number of nitrogens with one attached hydrogen (secondary N) is 2. The standard InChI is InChI=1S/C12H15N3O2/c16-12(15-8-11-13-6-7-14-11)17-9-10-4-2-1-3-5-10/h1-5H,6-9H2,(H,13,14)(H,15,16). The molecule has 2 rings (SSSR count). The second kappa shape index (κ2) is 5.89. The summed E-state index contributed by atoms with van der Waals surface area (Å²) in [5, 5.41) is 5.71. The summed E-state index contributed by atoms with van der Waals surface area (Å²) >= 11 is 0. The van der Waals surface area contributed by atoms with Crippen LogP contribution in [0.1, 0.15) is 5.56 Å². The zero-order valence-corrected chi connectivity index (χ0v) is 9.48. The van der Waals surface area contributed by atoms with E-state index in [9.17, 15) is 4.79 Å². The highest BCUT2D eigenvalue weighted by atomic mass is 16.5. The van der Waals surface area contributed by atoms with Gasteiger partial charge in [0, 0.05) is 6.54 Å². The van der Waals surface area contributed by atoms with E-state index in [2.05, 4.69) is 15.6 Å². The Morgan fingerprint density at radius 1 is 1.41 bits per heavy atom. The molecule has 1 aromatic rings. The zero-order valence-electron chi connectivity index (χ0n) is 9.48. The van der Waals surface area contributed by atoms with Crippen LogP contribution >= 0.6 is 0 Å². The fourth-order valence-electron chi connectivity index (χ4n) is 1.50. The van der Waals surface area contributed by atoms with Crippen LogP contribution in [0.5, 0.6) is 0 Å². The number of nitrogens with zero attached hydrogens (tertiary/aromatic N) is 1. The number of amides is 1. The molecule has 0 spiro atoms. The van der Waals surface area contributed by atoms with Gasteiger partial charge in [0.15, 0.2) is 0 Å². The maximum Gasteiger partial charge on any atom is 0.407 e. The summed E-state index contributed by atoms with van der Waals surface area (Å²) in [7, 11) is 0. The third-order valence-electron chi connectivity index (χ3n) is 2.36. The van der Waals surface area contributed by atoms with Crippen molar-refractivity contribution in [2.45, 2.75) is 6.61 Å². The molecule has 0 unspecified atom stereocenters. The second-order valence-corrected chi connectivity index (χ2v) is 3.67. The smallest absolute Gasteiger partial charge is 0.407 e. The Labute approximate surface area is 99.9 Å². The molecule has 1 amide bonds. The summed E-state index contributed by atoms with van der Waals surface area (Å²) in [6.07, 6.45) is -0.426. The minimum atomic E-state index is -0.426. The van der Waals surface area contributed by atoms with Crippen LogP contribution in [0.2, 0.25) is 0 Å². The fourth-order valence-corrected chi connectivity index (χ4v) is 1.50. The lowest BCUT2D eigenvalue weighted by Gasteiger charge is -2.07. The summed E-state index contributed by atoms with van der Waals surface area (Å²) in [6, 6.07) is 9.57. The molecule has 17 heavy (non-hydrogen) atoms. The van der Waals surface area contributed by atoms with Crippen LogP contribution in [0.3, 0.4) is 0 Å². The predicted molar refractivity (Wildman–Crippen MR) is 64.9 cm³/mol. The molecule has 90 valence electrons. The van der Waals surface area contributed by atoms with Gasteiger partial charge in [-0.15, -0.1) is 0 Å². The van der Waals surface area contributed by atoms with Crippen LogP contribution < -0.4 is 10.6 Å². The molecule has 0 aliphatic carbocycles. The summed E-state index contributed by atoms with van der Waals surface area (Å²) < 4.78 is 5.06. The van der Waals surface area contributed by atoms with Crippen molar-refractivity contribution in [3.05, 3.63) is 35.9 Å². The van der Waals surface area contributed by atoms with Gasteiger partial charge in [-0.3, -0.25) is 4.99 Å². The van der Waals surface area contributed by atoms with Gasteiger partial charge in [-0.05, 0) is 5.56 Å². The molecule has 0 bridgehead atoms. The molecule has 0 aromatic heterocycles. The number of hydrogen-bond acceptors (Lipinski definition) is 4. The van der Waals surface area contributed by atoms with Crippen molar-refractivity contribution in [3.63, 3.8) is 0 Å². The van der Waals surface area contributed by atoms with E-state index in [1.54, 1.807) is 0 Å². The number of carbonyl (C=O) groups excluding carboxylic acids is 1. The molecule has 1 aromatic carbocycles. The Morgan fingerprint density at radius 3 is 2.94 bits per heavy atom. The van der Waals surface area contributed by atoms with Crippen LogP contribution in [0.25, 0.3) is 0 Å². The highest BCUT2D eigenvalue weighted by molar-refractivity contribution is 5.87. The van der Waals surface area contributed by atoms with Crippen LogP contribution in [0.4, 0.5) is 4.79 Å². The van der Waals surface area contributed by atoms with Gasteiger partial charge in [0.2, 0.25) is 0 Å². The van der Waals surface area contributed by atoms with Gasteiger partial charge in [-0.2, -0.15) is 0 Å². The van der Waals surface area contributed by atoms with E-state index in [1.165, 1.54) is 0 Å². The van der Waals surface area contributed by atoms with Crippen molar-refractivity contribution in [2.75, 3.05) is 19.6 Å². The molecule has 1 aliphatic heterocycles. The number of hydrogen-bond donors (Lipinski definition) is 2. The normalized spacial score (nSPS) is 13.8. The molecule has 5 heteroatoms. The first kappa shape index (κ1) is 11.4. The van der Waals surface area contributed by atoms with Crippen molar-refractivity contribution in [3.8, 4) is 0 Å². The Hall–Kier alpha value is -2.04. The van der Waals surface area contributed by atoms with Crippen molar-refractivity contribution in [1.29, 1.82) is 0 Å². The zero-order chi connectivity index (χ0) is 11.9. The first-order chi connectivity index (χ1) is 8.34. The average molecular weight is 233 g/mol. The summed E-state index contributed by atoms with van der Waals surface area (Å²) in [6.45, 7) is 2.30. The average Bonchev–Trinajstić information content (AvgIpc) is 2.88. The first-order valence-electron chi connectivity index (χ1n) is 5.56. The van der Waals surface area contributed by atoms with E-state index in [-0.39, 0.29) is 6.61 Å². The Bertz CT molecular complexity index is 403. The third kappa shape index (κ3) is 3.79. The van der Waals surface area contributed by atoms with Crippen LogP contribution in [0, 0.1) is 0 Å². The molecular formula is C12H15N3O2. The molecule has 5 nitrogen and oxygen atoms in total. The lowest BCUT2D eigenvalue weighted by atomic mass is 10.2. The van der Waals surface area contributed by atoms with Crippen molar-refractivity contribution in [1.82, 2.24) is 10.6 Å². The van der Waals surface area contributed by atoms with E-state index < -0.39 is 6.09 Å². The predicted octanol–water partition coefficient (Wildman–Crippen LogP) is 0.914. The third-order valence-corrected chi connectivity index (χ3v) is 2.36. The molecule has 2 N–H and O–H groups in total. The van der Waals surface area contributed by atoms with Crippen LogP contribution in [0.15, 0.2) is 35.3 Å². The van der Waals surface area contributed by atoms with Crippen LogP contribution in [-0.2, 0) is 11.3 Å². The van der Waals surface area contributed by atoms with Gasteiger partial charge in [0.1, 0.15) is 12.4 Å². The first-order valence-corrected chi connectivity index (χ1v) is 5.56. The van der Waals surface area contributed by atoms with E-state index in [1.807, 2.05) is 30.3 Å². The van der Waals surface area contributed by atoms with E-state index in [0.717, 1.165) is 24.5 Å². The minimum absolute atomic E-state index is 0.284. The molecule has 0 fully saturated rings. The molecule has 1 heterocycles. The number of benzene rings is 1. The lowest BCUT2D eigenvalue weighted by molar-refractivity contribution is 0.141. The fraction of sp³-hybridized carbons (Fsp3) is 0.333. The van der Waals surface area contributed by atoms with Crippen molar-refractivity contribution in [2.24, 2.45) is 4.99 Å². The summed E-state index contributed by atoms with van der Waals surface area (Å²) in [5.41, 5.74) is 0.971. The topological polar surface area (TPSA) is 62.7 Å². The van der Waals surface area contributed by atoms with Gasteiger partial charge in [0.05, 0.1) is 13.1 Å². The van der Waals surface area contributed by atoms with Gasteiger partial charge < -0.3 is 15.4 Å². The molecule has 0 saturated carbocycles.